The van der Waals surface area contributed by atoms with Crippen LogP contribution in [0.4, 0.5) is 5.69 Å². The lowest BCUT2D eigenvalue weighted by Crippen LogP contribution is -2.34. The van der Waals surface area contributed by atoms with E-state index in [1.165, 1.54) is 18.4 Å². The van der Waals surface area contributed by atoms with Crippen LogP contribution in [-0.2, 0) is 7.05 Å². The van der Waals surface area contributed by atoms with Gasteiger partial charge in [0.05, 0.1) is 13.1 Å². The molecule has 3 rings (SSSR count). The first-order chi connectivity index (χ1) is 9.24. The van der Waals surface area contributed by atoms with Crippen LogP contribution in [0.25, 0.3) is 0 Å². The van der Waals surface area contributed by atoms with Gasteiger partial charge in [0.15, 0.2) is 0 Å². The number of aromatic nitrogens is 2. The van der Waals surface area contributed by atoms with E-state index in [0.29, 0.717) is 12.1 Å². The van der Waals surface area contributed by atoms with Gasteiger partial charge in [0, 0.05) is 5.69 Å². The van der Waals surface area contributed by atoms with Crippen LogP contribution in [0.15, 0.2) is 43.0 Å². The Hall–Kier alpha value is -1.81. The molecule has 1 aliphatic rings. The van der Waals surface area contributed by atoms with Gasteiger partial charge < -0.3 is 11.1 Å². The fourth-order valence-electron chi connectivity index (χ4n) is 2.92. The first kappa shape index (κ1) is 12.2. The van der Waals surface area contributed by atoms with Gasteiger partial charge in [0.25, 0.3) is 0 Å². The number of imidazole rings is 1. The second-order valence-electron chi connectivity index (χ2n) is 5.34. The topological polar surface area (TPSA) is 46.9 Å². The Morgan fingerprint density at radius 1 is 1.37 bits per heavy atom. The molecule has 0 spiro atoms. The minimum atomic E-state index is 0.337. The molecule has 4 nitrogen and oxygen atoms in total. The van der Waals surface area contributed by atoms with Crippen molar-refractivity contribution in [2.75, 3.05) is 12.3 Å². The van der Waals surface area contributed by atoms with Gasteiger partial charge in [-0.25, -0.2) is 9.13 Å². The van der Waals surface area contributed by atoms with Crippen LogP contribution in [-0.4, -0.2) is 17.2 Å². The van der Waals surface area contributed by atoms with Gasteiger partial charge in [0.1, 0.15) is 18.4 Å². The predicted molar refractivity (Wildman–Crippen MR) is 75.6 cm³/mol. The highest BCUT2D eigenvalue weighted by Crippen LogP contribution is 2.27. The van der Waals surface area contributed by atoms with Crippen LogP contribution in [0.3, 0.4) is 0 Å². The molecule has 0 bridgehead atoms. The van der Waals surface area contributed by atoms with E-state index in [9.17, 15) is 0 Å². The SMILES string of the molecule is C[n+]1ccn(C(c2ccc(N)cc2)C2CCCN2)c1. The Morgan fingerprint density at radius 2 is 2.16 bits per heavy atom. The number of hydrogen-bond donors (Lipinski definition) is 2. The Labute approximate surface area is 113 Å². The predicted octanol–water partition coefficient (Wildman–Crippen LogP) is 1.24. The van der Waals surface area contributed by atoms with E-state index in [-0.39, 0.29) is 0 Å². The molecule has 2 unspecified atom stereocenters. The smallest absolute Gasteiger partial charge is 0.244 e. The Morgan fingerprint density at radius 3 is 2.74 bits per heavy atom. The van der Waals surface area contributed by atoms with Crippen molar-refractivity contribution in [1.29, 1.82) is 0 Å². The first-order valence-electron chi connectivity index (χ1n) is 6.85. The van der Waals surface area contributed by atoms with E-state index in [2.05, 4.69) is 52.4 Å². The Balaban J connectivity index is 1.98. The lowest BCUT2D eigenvalue weighted by molar-refractivity contribution is -0.671. The molecule has 1 fully saturated rings. The summed E-state index contributed by atoms with van der Waals surface area (Å²) >= 11 is 0. The number of hydrogen-bond acceptors (Lipinski definition) is 2. The lowest BCUT2D eigenvalue weighted by atomic mass is 9.97. The number of nitrogen functional groups attached to an aromatic ring is 1. The number of nitrogens with zero attached hydrogens (tertiary/aromatic N) is 2. The number of nitrogens with one attached hydrogen (secondary N) is 1. The van der Waals surface area contributed by atoms with Gasteiger partial charge in [-0.1, -0.05) is 12.1 Å². The molecule has 1 saturated heterocycles. The van der Waals surface area contributed by atoms with Gasteiger partial charge in [-0.15, -0.1) is 0 Å². The van der Waals surface area contributed by atoms with E-state index in [1.807, 2.05) is 12.1 Å². The summed E-state index contributed by atoms with van der Waals surface area (Å²) < 4.78 is 4.37. The molecule has 0 amide bonds. The number of rotatable bonds is 3. The van der Waals surface area contributed by atoms with Crippen LogP contribution in [0, 0.1) is 0 Å². The van der Waals surface area contributed by atoms with Gasteiger partial charge >= 0.3 is 0 Å². The zero-order valence-electron chi connectivity index (χ0n) is 11.3. The van der Waals surface area contributed by atoms with Gasteiger partial charge in [0.2, 0.25) is 6.33 Å². The summed E-state index contributed by atoms with van der Waals surface area (Å²) in [5.74, 6) is 0. The fourth-order valence-corrected chi connectivity index (χ4v) is 2.92. The standard InChI is InChI=1S/C15H21N4/c1-18-9-10-19(11-18)15(14-3-2-8-17-14)12-4-6-13(16)7-5-12/h4-7,9-11,14-15,17H,2-3,8,16H2,1H3/q+1. The van der Waals surface area contributed by atoms with Gasteiger partial charge in [-0.3, -0.25) is 0 Å². The first-order valence-corrected chi connectivity index (χ1v) is 6.85. The zero-order chi connectivity index (χ0) is 13.2. The summed E-state index contributed by atoms with van der Waals surface area (Å²) in [6.07, 6.45) is 8.84. The second kappa shape index (κ2) is 5.05. The third-order valence-electron chi connectivity index (χ3n) is 3.87. The molecule has 2 aromatic rings. The quantitative estimate of drug-likeness (QED) is 0.642. The lowest BCUT2D eigenvalue weighted by Gasteiger charge is -2.21. The minimum absolute atomic E-state index is 0.337. The summed E-state index contributed by atoms with van der Waals surface area (Å²) in [7, 11) is 2.05. The van der Waals surface area contributed by atoms with E-state index >= 15 is 0 Å². The molecule has 1 aliphatic heterocycles. The molecule has 1 aromatic heterocycles. The van der Waals surface area contributed by atoms with E-state index in [0.717, 1.165) is 12.2 Å². The molecule has 19 heavy (non-hydrogen) atoms. The molecule has 4 heteroatoms. The molecule has 2 atom stereocenters. The normalized spacial score (nSPS) is 20.6. The molecule has 3 N–H and O–H groups in total. The van der Waals surface area contributed by atoms with Gasteiger partial charge in [-0.2, -0.15) is 0 Å². The van der Waals surface area contributed by atoms with Crippen molar-refractivity contribution in [3.63, 3.8) is 0 Å². The van der Waals surface area contributed by atoms with E-state index < -0.39 is 0 Å². The maximum atomic E-state index is 5.80. The highest BCUT2D eigenvalue weighted by molar-refractivity contribution is 5.40. The highest BCUT2D eigenvalue weighted by Gasteiger charge is 2.30. The molecular formula is C15H21N4+. The van der Waals surface area contributed by atoms with Crippen molar-refractivity contribution >= 4 is 5.69 Å². The van der Waals surface area contributed by atoms with Crippen molar-refractivity contribution in [2.24, 2.45) is 7.05 Å². The molecule has 0 saturated carbocycles. The van der Waals surface area contributed by atoms with Crippen molar-refractivity contribution in [1.82, 2.24) is 9.88 Å². The summed E-state index contributed by atoms with van der Waals surface area (Å²) in [5, 5.41) is 3.62. The van der Waals surface area contributed by atoms with Crippen molar-refractivity contribution in [2.45, 2.75) is 24.9 Å². The Kier molecular flexibility index (Phi) is 3.25. The van der Waals surface area contributed by atoms with Crippen molar-refractivity contribution in [3.8, 4) is 0 Å². The fraction of sp³-hybridized carbons (Fsp3) is 0.400. The van der Waals surface area contributed by atoms with E-state index in [1.54, 1.807) is 0 Å². The number of benzene rings is 1. The number of anilines is 1. The average molecular weight is 257 g/mol. The third-order valence-corrected chi connectivity index (χ3v) is 3.87. The second-order valence-corrected chi connectivity index (χ2v) is 5.34. The molecule has 0 aliphatic carbocycles. The minimum Gasteiger partial charge on any atom is -0.399 e. The van der Waals surface area contributed by atoms with Crippen LogP contribution < -0.4 is 15.6 Å². The summed E-state index contributed by atoms with van der Waals surface area (Å²) in [6, 6.07) is 9.09. The number of nitrogens with two attached hydrogens (primary N) is 1. The molecular weight excluding hydrogens is 236 g/mol. The van der Waals surface area contributed by atoms with Crippen LogP contribution in [0.2, 0.25) is 0 Å². The van der Waals surface area contributed by atoms with Crippen LogP contribution in [0.5, 0.6) is 0 Å². The van der Waals surface area contributed by atoms with E-state index in [4.69, 9.17) is 5.73 Å². The third kappa shape index (κ3) is 2.49. The van der Waals surface area contributed by atoms with Crippen LogP contribution >= 0.6 is 0 Å². The number of aryl methyl sites for hydroxylation is 1. The van der Waals surface area contributed by atoms with Crippen molar-refractivity contribution < 1.29 is 4.57 Å². The highest BCUT2D eigenvalue weighted by atomic mass is 15.1. The summed E-state index contributed by atoms with van der Waals surface area (Å²) in [4.78, 5) is 0. The van der Waals surface area contributed by atoms with Crippen molar-refractivity contribution in [3.05, 3.63) is 48.5 Å². The summed E-state index contributed by atoms with van der Waals surface area (Å²) in [6.45, 7) is 1.11. The Bertz CT molecular complexity index is 538. The summed E-state index contributed by atoms with van der Waals surface area (Å²) in [5.41, 5.74) is 7.93. The zero-order valence-corrected chi connectivity index (χ0v) is 11.3. The molecule has 2 heterocycles. The maximum Gasteiger partial charge on any atom is 0.244 e. The maximum absolute atomic E-state index is 5.80. The molecule has 100 valence electrons. The van der Waals surface area contributed by atoms with Crippen LogP contribution in [0.1, 0.15) is 24.4 Å². The molecule has 1 aromatic carbocycles. The molecule has 0 radical (unpaired) electrons. The largest absolute Gasteiger partial charge is 0.399 e. The average Bonchev–Trinajstić information content (AvgIpc) is 3.05. The van der Waals surface area contributed by atoms with Gasteiger partial charge in [-0.05, 0) is 37.1 Å². The monoisotopic (exact) mass is 257 g/mol.